The fourth-order valence-electron chi connectivity index (χ4n) is 5.43. The first-order valence-electron chi connectivity index (χ1n) is 12.9. The van der Waals surface area contributed by atoms with Crippen molar-refractivity contribution in [2.75, 3.05) is 32.7 Å². The molecule has 0 unspecified atom stereocenters. The Kier molecular flexibility index (Phi) is 7.86. The molecular weight excluding hydrogens is 487 g/mol. The van der Waals surface area contributed by atoms with E-state index in [1.54, 1.807) is 23.5 Å². The van der Waals surface area contributed by atoms with E-state index in [1.807, 2.05) is 53.1 Å². The standard InChI is InChI=1S/C29H33FN4O2S/c1-21-20-33(15-16-34(21)29(36)31-19-22-6-3-2-4-7-22)27(35)11-14-32-13-10-26-25(12-17-37-26)28(32)23-8-5-9-24(30)18-23/h2-9,12,17-18,21,28H,10-11,13-16,19-20H2,1H3,(H,31,36)/t21-,28+/m1/s1. The molecule has 2 atom stereocenters. The van der Waals surface area contributed by atoms with E-state index in [0.29, 0.717) is 39.1 Å². The molecule has 0 aliphatic carbocycles. The van der Waals surface area contributed by atoms with Crippen molar-refractivity contribution in [3.63, 3.8) is 0 Å². The van der Waals surface area contributed by atoms with Crippen molar-refractivity contribution in [3.05, 3.63) is 93.4 Å². The third-order valence-electron chi connectivity index (χ3n) is 7.37. The van der Waals surface area contributed by atoms with Crippen molar-refractivity contribution >= 4 is 23.3 Å². The van der Waals surface area contributed by atoms with E-state index >= 15 is 0 Å². The highest BCUT2D eigenvalue weighted by atomic mass is 32.1. The molecule has 3 heterocycles. The number of amides is 3. The molecule has 1 saturated heterocycles. The molecule has 1 fully saturated rings. The Hall–Kier alpha value is -3.23. The number of urea groups is 1. The number of piperazine rings is 1. The molecule has 194 valence electrons. The summed E-state index contributed by atoms with van der Waals surface area (Å²) in [6.45, 7) is 5.50. The van der Waals surface area contributed by atoms with Gasteiger partial charge in [-0.3, -0.25) is 9.69 Å². The van der Waals surface area contributed by atoms with E-state index in [4.69, 9.17) is 0 Å². The third-order valence-corrected chi connectivity index (χ3v) is 8.37. The van der Waals surface area contributed by atoms with Gasteiger partial charge in [-0.05, 0) is 53.6 Å². The molecule has 1 aromatic heterocycles. The molecule has 2 aliphatic rings. The molecule has 5 rings (SSSR count). The second-order valence-electron chi connectivity index (χ2n) is 9.82. The molecule has 0 bridgehead atoms. The number of benzene rings is 2. The Balaban J connectivity index is 1.16. The van der Waals surface area contributed by atoms with Crippen LogP contribution in [0.25, 0.3) is 0 Å². The topological polar surface area (TPSA) is 55.9 Å². The van der Waals surface area contributed by atoms with Gasteiger partial charge in [-0.15, -0.1) is 11.3 Å². The van der Waals surface area contributed by atoms with Gasteiger partial charge in [0.2, 0.25) is 5.91 Å². The van der Waals surface area contributed by atoms with Crippen LogP contribution in [0.1, 0.15) is 41.0 Å². The van der Waals surface area contributed by atoms with E-state index in [-0.39, 0.29) is 29.8 Å². The molecule has 0 radical (unpaired) electrons. The number of carbonyl (C=O) groups is 2. The van der Waals surface area contributed by atoms with Gasteiger partial charge in [0.05, 0.1) is 6.04 Å². The lowest BCUT2D eigenvalue weighted by Crippen LogP contribution is -2.57. The molecule has 37 heavy (non-hydrogen) atoms. The van der Waals surface area contributed by atoms with Crippen LogP contribution in [0, 0.1) is 5.82 Å². The van der Waals surface area contributed by atoms with Crippen molar-refractivity contribution < 1.29 is 14.0 Å². The lowest BCUT2D eigenvalue weighted by molar-refractivity contribution is -0.134. The number of carbonyl (C=O) groups excluding carboxylic acids is 2. The summed E-state index contributed by atoms with van der Waals surface area (Å²) in [5, 5.41) is 5.09. The summed E-state index contributed by atoms with van der Waals surface area (Å²) in [4.78, 5) is 33.3. The summed E-state index contributed by atoms with van der Waals surface area (Å²) in [7, 11) is 0. The third kappa shape index (κ3) is 5.86. The maximum atomic E-state index is 14.1. The number of nitrogens with zero attached hydrogens (tertiary/aromatic N) is 3. The summed E-state index contributed by atoms with van der Waals surface area (Å²) in [5.74, 6) is -0.138. The fourth-order valence-corrected chi connectivity index (χ4v) is 6.34. The van der Waals surface area contributed by atoms with Crippen molar-refractivity contribution in [2.24, 2.45) is 0 Å². The number of fused-ring (bicyclic) bond motifs is 1. The highest BCUT2D eigenvalue weighted by Gasteiger charge is 2.32. The van der Waals surface area contributed by atoms with Crippen LogP contribution in [0.3, 0.4) is 0 Å². The minimum atomic E-state index is -0.240. The maximum Gasteiger partial charge on any atom is 0.318 e. The minimum Gasteiger partial charge on any atom is -0.339 e. The molecular formula is C29H33FN4O2S. The number of hydrogen-bond acceptors (Lipinski definition) is 4. The molecule has 2 aromatic carbocycles. The normalized spacial score (nSPS) is 19.9. The van der Waals surface area contributed by atoms with Crippen LogP contribution in [-0.2, 0) is 17.8 Å². The van der Waals surface area contributed by atoms with Crippen LogP contribution < -0.4 is 5.32 Å². The Morgan fingerprint density at radius 2 is 1.89 bits per heavy atom. The largest absolute Gasteiger partial charge is 0.339 e. The molecule has 3 amide bonds. The van der Waals surface area contributed by atoms with E-state index in [9.17, 15) is 14.0 Å². The zero-order valence-corrected chi connectivity index (χ0v) is 21.9. The van der Waals surface area contributed by atoms with E-state index in [0.717, 1.165) is 24.1 Å². The van der Waals surface area contributed by atoms with Crippen molar-refractivity contribution in [1.29, 1.82) is 0 Å². The van der Waals surface area contributed by atoms with Crippen LogP contribution in [0.5, 0.6) is 0 Å². The smallest absolute Gasteiger partial charge is 0.318 e. The first kappa shape index (κ1) is 25.4. The van der Waals surface area contributed by atoms with E-state index in [1.165, 1.54) is 16.5 Å². The van der Waals surface area contributed by atoms with Crippen molar-refractivity contribution in [3.8, 4) is 0 Å². The SMILES string of the molecule is C[C@@H]1CN(C(=O)CCN2CCc3sccc3[C@@H]2c2cccc(F)c2)CCN1C(=O)NCc1ccccc1. The predicted octanol–water partition coefficient (Wildman–Crippen LogP) is 4.67. The van der Waals surface area contributed by atoms with Crippen molar-refractivity contribution in [2.45, 2.75) is 38.4 Å². The van der Waals surface area contributed by atoms with Gasteiger partial charge in [-0.2, -0.15) is 0 Å². The Morgan fingerprint density at radius 1 is 1.05 bits per heavy atom. The highest BCUT2D eigenvalue weighted by Crippen LogP contribution is 2.38. The Labute approximate surface area is 221 Å². The summed E-state index contributed by atoms with van der Waals surface area (Å²) in [5.41, 5.74) is 3.20. The Bertz CT molecular complexity index is 1230. The van der Waals surface area contributed by atoms with Gasteiger partial charge in [0, 0.05) is 56.6 Å². The van der Waals surface area contributed by atoms with Gasteiger partial charge in [-0.25, -0.2) is 9.18 Å². The van der Waals surface area contributed by atoms with Crippen LogP contribution in [0.15, 0.2) is 66.0 Å². The minimum absolute atomic E-state index is 0.0393. The van der Waals surface area contributed by atoms with Crippen LogP contribution in [-0.4, -0.2) is 65.4 Å². The number of thiophene rings is 1. The van der Waals surface area contributed by atoms with Crippen molar-refractivity contribution in [1.82, 2.24) is 20.0 Å². The van der Waals surface area contributed by atoms with Gasteiger partial charge in [0.15, 0.2) is 0 Å². The highest BCUT2D eigenvalue weighted by molar-refractivity contribution is 7.10. The van der Waals surface area contributed by atoms with Gasteiger partial charge in [-0.1, -0.05) is 42.5 Å². The van der Waals surface area contributed by atoms with E-state index < -0.39 is 0 Å². The molecule has 2 aliphatic heterocycles. The van der Waals surface area contributed by atoms with Crippen LogP contribution in [0.2, 0.25) is 0 Å². The predicted molar refractivity (Wildman–Crippen MR) is 144 cm³/mol. The first-order valence-corrected chi connectivity index (χ1v) is 13.8. The summed E-state index contributed by atoms with van der Waals surface area (Å²) in [6.07, 6.45) is 1.35. The summed E-state index contributed by atoms with van der Waals surface area (Å²) >= 11 is 1.75. The summed E-state index contributed by atoms with van der Waals surface area (Å²) in [6, 6.07) is 18.6. The number of rotatable bonds is 6. The van der Waals surface area contributed by atoms with Gasteiger partial charge in [0.1, 0.15) is 5.82 Å². The maximum absolute atomic E-state index is 14.1. The second-order valence-corrected chi connectivity index (χ2v) is 10.8. The zero-order chi connectivity index (χ0) is 25.8. The Morgan fingerprint density at radius 3 is 2.68 bits per heavy atom. The molecule has 3 aromatic rings. The number of halogens is 1. The molecule has 1 N–H and O–H groups in total. The second kappa shape index (κ2) is 11.4. The molecule has 8 heteroatoms. The van der Waals surface area contributed by atoms with Gasteiger partial charge in [0.25, 0.3) is 0 Å². The van der Waals surface area contributed by atoms with Gasteiger partial charge >= 0.3 is 6.03 Å². The number of nitrogens with one attached hydrogen (secondary N) is 1. The van der Waals surface area contributed by atoms with E-state index in [2.05, 4.69) is 21.7 Å². The van der Waals surface area contributed by atoms with Crippen LogP contribution in [0.4, 0.5) is 9.18 Å². The molecule has 0 spiro atoms. The fraction of sp³-hybridized carbons (Fsp3) is 0.379. The first-order chi connectivity index (χ1) is 18.0. The summed E-state index contributed by atoms with van der Waals surface area (Å²) < 4.78 is 14.1. The monoisotopic (exact) mass is 520 g/mol. The average molecular weight is 521 g/mol. The number of hydrogen-bond donors (Lipinski definition) is 1. The lowest BCUT2D eigenvalue weighted by atomic mass is 9.93. The molecule has 0 saturated carbocycles. The average Bonchev–Trinajstić information content (AvgIpc) is 3.39. The lowest BCUT2D eigenvalue weighted by Gasteiger charge is -2.40. The quantitative estimate of drug-likeness (QED) is 0.514. The zero-order valence-electron chi connectivity index (χ0n) is 21.1. The molecule has 6 nitrogen and oxygen atoms in total. The van der Waals surface area contributed by atoms with Crippen LogP contribution >= 0.6 is 11.3 Å². The van der Waals surface area contributed by atoms with Gasteiger partial charge < -0.3 is 15.1 Å².